The van der Waals surface area contributed by atoms with E-state index in [1.165, 1.54) is 16.7 Å². The number of nitrogens with two attached hydrogens (primary N) is 1. The number of fused-ring (bicyclic) bond motifs is 1. The Balaban J connectivity index is 2.12. The number of nitrogens with zero attached hydrogens (tertiary/aromatic N) is 1. The smallest absolute Gasteiger partial charge is 0.0949 e. The van der Waals surface area contributed by atoms with E-state index in [1.807, 2.05) is 18.3 Å². The molecule has 2 N–H and O–H groups in total. The summed E-state index contributed by atoms with van der Waals surface area (Å²) in [4.78, 5) is 4.47. The lowest BCUT2D eigenvalue weighted by Gasteiger charge is -2.18. The third-order valence-electron chi connectivity index (χ3n) is 3.60. The zero-order valence-corrected chi connectivity index (χ0v) is 10.9. The number of benzene rings is 1. The van der Waals surface area contributed by atoms with Gasteiger partial charge in [-0.25, -0.2) is 0 Å². The van der Waals surface area contributed by atoms with Gasteiger partial charge in [0.1, 0.15) is 0 Å². The number of rotatable bonds is 2. The van der Waals surface area contributed by atoms with Crippen LogP contribution in [0.4, 0.5) is 0 Å². The van der Waals surface area contributed by atoms with Crippen molar-refractivity contribution in [3.05, 3.63) is 53.7 Å². The summed E-state index contributed by atoms with van der Waals surface area (Å²) in [5.74, 6) is 0. The van der Waals surface area contributed by atoms with Crippen molar-refractivity contribution in [2.45, 2.75) is 18.9 Å². The fourth-order valence-corrected chi connectivity index (χ4v) is 2.71. The Morgan fingerprint density at radius 3 is 2.95 bits per heavy atom. The molecule has 3 heteroatoms. The standard InChI is InChI=1S/C16H18N2O/c17-11-16-14-6-3-5-13(12(14)7-4-10-19-16)15-8-1-2-9-18-15/h1-3,5-6,8-9,16H,4,7,10-11,17H2/t16-/m1/s1. The molecule has 0 spiro atoms. The molecule has 1 aromatic carbocycles. The van der Waals surface area contributed by atoms with Crippen LogP contribution in [-0.2, 0) is 11.2 Å². The van der Waals surface area contributed by atoms with Crippen molar-refractivity contribution >= 4 is 0 Å². The highest BCUT2D eigenvalue weighted by atomic mass is 16.5. The molecule has 1 aromatic heterocycles. The van der Waals surface area contributed by atoms with Crippen LogP contribution in [0.25, 0.3) is 11.3 Å². The molecule has 2 aromatic rings. The summed E-state index contributed by atoms with van der Waals surface area (Å²) in [7, 11) is 0. The summed E-state index contributed by atoms with van der Waals surface area (Å²) in [6, 6.07) is 12.4. The Morgan fingerprint density at radius 2 is 2.16 bits per heavy atom. The number of pyridine rings is 1. The molecule has 1 aliphatic heterocycles. The molecule has 3 rings (SSSR count). The van der Waals surface area contributed by atoms with E-state index < -0.39 is 0 Å². The first-order valence-electron chi connectivity index (χ1n) is 6.75. The number of hydrogen-bond acceptors (Lipinski definition) is 3. The first kappa shape index (κ1) is 12.3. The number of hydrogen-bond donors (Lipinski definition) is 1. The van der Waals surface area contributed by atoms with Crippen molar-refractivity contribution < 1.29 is 4.74 Å². The van der Waals surface area contributed by atoms with Gasteiger partial charge in [-0.2, -0.15) is 0 Å². The molecular weight excluding hydrogens is 236 g/mol. The largest absolute Gasteiger partial charge is 0.372 e. The third-order valence-corrected chi connectivity index (χ3v) is 3.60. The highest BCUT2D eigenvalue weighted by molar-refractivity contribution is 5.65. The number of ether oxygens (including phenoxy) is 1. The van der Waals surface area contributed by atoms with Crippen LogP contribution in [0.5, 0.6) is 0 Å². The first-order chi connectivity index (χ1) is 9.40. The maximum atomic E-state index is 5.84. The molecule has 0 aliphatic carbocycles. The van der Waals surface area contributed by atoms with Crippen molar-refractivity contribution in [3.63, 3.8) is 0 Å². The molecule has 0 saturated heterocycles. The minimum Gasteiger partial charge on any atom is -0.372 e. The highest BCUT2D eigenvalue weighted by Gasteiger charge is 2.20. The maximum absolute atomic E-state index is 5.84. The Labute approximate surface area is 113 Å². The zero-order chi connectivity index (χ0) is 13.1. The molecule has 3 nitrogen and oxygen atoms in total. The van der Waals surface area contributed by atoms with Gasteiger partial charge in [-0.3, -0.25) is 4.98 Å². The van der Waals surface area contributed by atoms with Crippen LogP contribution in [0, 0.1) is 0 Å². The normalized spacial score (nSPS) is 18.7. The molecule has 1 aliphatic rings. The molecule has 0 bridgehead atoms. The van der Waals surface area contributed by atoms with Crippen LogP contribution in [0.15, 0.2) is 42.6 Å². The average Bonchev–Trinajstić information content (AvgIpc) is 2.69. The van der Waals surface area contributed by atoms with Gasteiger partial charge in [0.2, 0.25) is 0 Å². The average molecular weight is 254 g/mol. The van der Waals surface area contributed by atoms with E-state index in [0.29, 0.717) is 6.54 Å². The van der Waals surface area contributed by atoms with E-state index >= 15 is 0 Å². The summed E-state index contributed by atoms with van der Waals surface area (Å²) in [5.41, 5.74) is 10.6. The fraction of sp³-hybridized carbons (Fsp3) is 0.312. The van der Waals surface area contributed by atoms with Gasteiger partial charge < -0.3 is 10.5 Å². The highest BCUT2D eigenvalue weighted by Crippen LogP contribution is 2.32. The molecule has 1 atom stereocenters. The van der Waals surface area contributed by atoms with E-state index in [-0.39, 0.29) is 6.10 Å². The SMILES string of the molecule is NC[C@H]1OCCCc2c(-c3ccccn3)cccc21. The van der Waals surface area contributed by atoms with Crippen LogP contribution >= 0.6 is 0 Å². The van der Waals surface area contributed by atoms with Gasteiger partial charge in [0.05, 0.1) is 11.8 Å². The van der Waals surface area contributed by atoms with Crippen LogP contribution in [0.3, 0.4) is 0 Å². The molecule has 2 heterocycles. The third kappa shape index (κ3) is 2.39. The summed E-state index contributed by atoms with van der Waals surface area (Å²) in [6.45, 7) is 1.30. The van der Waals surface area contributed by atoms with E-state index in [1.54, 1.807) is 0 Å². The van der Waals surface area contributed by atoms with E-state index in [2.05, 4.69) is 29.2 Å². The lowest BCUT2D eigenvalue weighted by atomic mass is 9.93. The van der Waals surface area contributed by atoms with Crippen LogP contribution in [0.1, 0.15) is 23.7 Å². The van der Waals surface area contributed by atoms with E-state index in [4.69, 9.17) is 10.5 Å². The monoisotopic (exact) mass is 254 g/mol. The van der Waals surface area contributed by atoms with Gasteiger partial charge >= 0.3 is 0 Å². The fourth-order valence-electron chi connectivity index (χ4n) is 2.71. The minimum absolute atomic E-state index is 0.0150. The van der Waals surface area contributed by atoms with Gasteiger partial charge in [0, 0.05) is 24.9 Å². The molecule has 98 valence electrons. The lowest BCUT2D eigenvalue weighted by Crippen LogP contribution is -2.16. The quantitative estimate of drug-likeness (QED) is 0.896. The summed E-state index contributed by atoms with van der Waals surface area (Å²) in [5, 5.41) is 0. The van der Waals surface area contributed by atoms with Crippen molar-refractivity contribution in [1.29, 1.82) is 0 Å². The van der Waals surface area contributed by atoms with Crippen LogP contribution < -0.4 is 5.73 Å². The maximum Gasteiger partial charge on any atom is 0.0949 e. The molecule has 0 radical (unpaired) electrons. The summed E-state index contributed by atoms with van der Waals surface area (Å²) >= 11 is 0. The van der Waals surface area contributed by atoms with E-state index in [0.717, 1.165) is 25.1 Å². The Hall–Kier alpha value is -1.71. The second-order valence-corrected chi connectivity index (χ2v) is 4.79. The zero-order valence-electron chi connectivity index (χ0n) is 10.9. The van der Waals surface area contributed by atoms with Gasteiger partial charge in [-0.05, 0) is 36.1 Å². The van der Waals surface area contributed by atoms with Crippen molar-refractivity contribution in [2.24, 2.45) is 5.73 Å². The lowest BCUT2D eigenvalue weighted by molar-refractivity contribution is 0.0627. The molecule has 0 unspecified atom stereocenters. The van der Waals surface area contributed by atoms with Crippen LogP contribution in [-0.4, -0.2) is 18.1 Å². The predicted molar refractivity (Wildman–Crippen MR) is 75.7 cm³/mol. The summed E-state index contributed by atoms with van der Waals surface area (Å²) < 4.78 is 5.82. The van der Waals surface area contributed by atoms with Gasteiger partial charge in [0.15, 0.2) is 0 Å². The Kier molecular flexibility index (Phi) is 3.58. The molecule has 0 fully saturated rings. The second kappa shape index (κ2) is 5.51. The molecule has 19 heavy (non-hydrogen) atoms. The second-order valence-electron chi connectivity index (χ2n) is 4.79. The topological polar surface area (TPSA) is 48.1 Å². The van der Waals surface area contributed by atoms with Crippen molar-refractivity contribution in [1.82, 2.24) is 4.98 Å². The van der Waals surface area contributed by atoms with Crippen molar-refractivity contribution in [3.8, 4) is 11.3 Å². The Morgan fingerprint density at radius 1 is 1.21 bits per heavy atom. The van der Waals surface area contributed by atoms with Crippen LogP contribution in [0.2, 0.25) is 0 Å². The van der Waals surface area contributed by atoms with Gasteiger partial charge in [-0.1, -0.05) is 24.3 Å². The minimum atomic E-state index is 0.0150. The molecular formula is C16H18N2O. The van der Waals surface area contributed by atoms with Gasteiger partial charge in [0.25, 0.3) is 0 Å². The van der Waals surface area contributed by atoms with Gasteiger partial charge in [-0.15, -0.1) is 0 Å². The Bertz CT molecular complexity index is 554. The van der Waals surface area contributed by atoms with E-state index in [9.17, 15) is 0 Å². The van der Waals surface area contributed by atoms with Crippen molar-refractivity contribution in [2.75, 3.05) is 13.2 Å². The molecule has 0 saturated carbocycles. The molecule has 0 amide bonds. The number of aromatic nitrogens is 1. The first-order valence-corrected chi connectivity index (χ1v) is 6.75. The predicted octanol–water partition coefficient (Wildman–Crippen LogP) is 2.71. The summed E-state index contributed by atoms with van der Waals surface area (Å²) in [6.07, 6.45) is 3.91.